The maximum absolute atomic E-state index is 13.0. The summed E-state index contributed by atoms with van der Waals surface area (Å²) in [7, 11) is 1.77. The molecule has 0 bridgehead atoms. The molecule has 12 heteroatoms. The second kappa shape index (κ2) is 7.01. The fourth-order valence-electron chi connectivity index (χ4n) is 3.31. The van der Waals surface area contributed by atoms with Gasteiger partial charge in [-0.3, -0.25) is 9.48 Å². The zero-order chi connectivity index (χ0) is 20.8. The zero-order valence-corrected chi connectivity index (χ0v) is 15.8. The van der Waals surface area contributed by atoms with Crippen LogP contribution in [0, 0.1) is 6.92 Å². The zero-order valence-electron chi connectivity index (χ0n) is 15.8. The van der Waals surface area contributed by atoms with E-state index in [0.717, 1.165) is 5.69 Å². The fraction of sp³-hybridized carbons (Fsp3) is 0.471. The Morgan fingerprint density at radius 1 is 1.17 bits per heavy atom. The van der Waals surface area contributed by atoms with Gasteiger partial charge in [0.1, 0.15) is 11.5 Å². The number of nitrogens with zero attached hydrogens (tertiary/aromatic N) is 7. The second-order valence-corrected chi connectivity index (χ2v) is 7.01. The molecule has 0 spiro atoms. The SMILES string of the molecule is Cc1cc(C(=O)NC2CCN(c3ccc4nnc(C(F)(F)F)n4n3)CC2)nn1C. The molecule has 1 saturated heterocycles. The quantitative estimate of drug-likeness (QED) is 0.708. The number of nitrogens with one attached hydrogen (secondary N) is 1. The van der Waals surface area contributed by atoms with Gasteiger partial charge in [-0.1, -0.05) is 0 Å². The predicted octanol–water partition coefficient (Wildman–Crippen LogP) is 1.58. The van der Waals surface area contributed by atoms with Crippen LogP contribution in [0.4, 0.5) is 19.0 Å². The first-order chi connectivity index (χ1) is 13.7. The average Bonchev–Trinajstić information content (AvgIpc) is 3.25. The Kier molecular flexibility index (Phi) is 4.63. The number of halogens is 3. The van der Waals surface area contributed by atoms with Gasteiger partial charge in [-0.05, 0) is 38.0 Å². The monoisotopic (exact) mass is 408 g/mol. The van der Waals surface area contributed by atoms with Crippen molar-refractivity contribution in [3.63, 3.8) is 0 Å². The summed E-state index contributed by atoms with van der Waals surface area (Å²) in [5.74, 6) is -0.971. The highest BCUT2D eigenvalue weighted by Crippen LogP contribution is 2.28. The third-order valence-corrected chi connectivity index (χ3v) is 5.00. The topological polar surface area (TPSA) is 93.2 Å². The largest absolute Gasteiger partial charge is 0.453 e. The number of aromatic nitrogens is 6. The van der Waals surface area contributed by atoms with Crippen molar-refractivity contribution in [1.82, 2.24) is 34.9 Å². The van der Waals surface area contributed by atoms with Gasteiger partial charge in [0.15, 0.2) is 5.65 Å². The highest BCUT2D eigenvalue weighted by Gasteiger charge is 2.38. The van der Waals surface area contributed by atoms with E-state index in [-0.39, 0.29) is 17.6 Å². The van der Waals surface area contributed by atoms with Crippen molar-refractivity contribution in [2.75, 3.05) is 18.0 Å². The van der Waals surface area contributed by atoms with Crippen LogP contribution in [0.25, 0.3) is 5.65 Å². The maximum atomic E-state index is 13.0. The van der Waals surface area contributed by atoms with E-state index in [2.05, 4.69) is 25.7 Å². The molecule has 1 aliphatic rings. The van der Waals surface area contributed by atoms with Crippen LogP contribution in [0.5, 0.6) is 0 Å². The van der Waals surface area contributed by atoms with Crippen molar-refractivity contribution >= 4 is 17.4 Å². The summed E-state index contributed by atoms with van der Waals surface area (Å²) in [6.45, 7) is 2.97. The first-order valence-electron chi connectivity index (χ1n) is 9.08. The number of hydrogen-bond acceptors (Lipinski definition) is 6. The molecular weight excluding hydrogens is 389 g/mol. The number of alkyl halides is 3. The van der Waals surface area contributed by atoms with Gasteiger partial charge in [0.25, 0.3) is 11.7 Å². The fourth-order valence-corrected chi connectivity index (χ4v) is 3.31. The number of piperidine rings is 1. The lowest BCUT2D eigenvalue weighted by molar-refractivity contribution is -0.146. The summed E-state index contributed by atoms with van der Waals surface area (Å²) < 4.78 is 41.5. The summed E-state index contributed by atoms with van der Waals surface area (Å²) in [6, 6.07) is 4.77. The Morgan fingerprint density at radius 2 is 1.90 bits per heavy atom. The molecule has 154 valence electrons. The molecule has 1 fully saturated rings. The van der Waals surface area contributed by atoms with Crippen molar-refractivity contribution in [1.29, 1.82) is 0 Å². The maximum Gasteiger partial charge on any atom is 0.453 e. The van der Waals surface area contributed by atoms with E-state index in [1.807, 2.05) is 11.8 Å². The van der Waals surface area contributed by atoms with Crippen molar-refractivity contribution in [2.24, 2.45) is 7.05 Å². The summed E-state index contributed by atoms with van der Waals surface area (Å²) in [6.07, 6.45) is -3.34. The number of anilines is 1. The molecule has 0 aliphatic carbocycles. The second-order valence-electron chi connectivity index (χ2n) is 7.01. The smallest absolute Gasteiger partial charge is 0.355 e. The first-order valence-corrected chi connectivity index (χ1v) is 9.08. The highest BCUT2D eigenvalue weighted by atomic mass is 19.4. The minimum absolute atomic E-state index is 0.0360. The molecule has 0 aromatic carbocycles. The summed E-state index contributed by atoms with van der Waals surface area (Å²) in [5.41, 5.74) is 1.29. The molecule has 4 heterocycles. The van der Waals surface area contributed by atoms with Gasteiger partial charge in [-0.15, -0.1) is 15.3 Å². The van der Waals surface area contributed by atoms with Gasteiger partial charge in [0, 0.05) is 31.9 Å². The summed E-state index contributed by atoms with van der Waals surface area (Å²) in [4.78, 5) is 14.2. The normalized spacial score (nSPS) is 15.8. The van der Waals surface area contributed by atoms with Crippen LogP contribution >= 0.6 is 0 Å². The molecule has 0 saturated carbocycles. The molecule has 0 radical (unpaired) electrons. The molecule has 1 amide bonds. The summed E-state index contributed by atoms with van der Waals surface area (Å²) >= 11 is 0. The Labute approximate surface area is 163 Å². The van der Waals surface area contributed by atoms with Gasteiger partial charge in [-0.25, -0.2) is 0 Å². The van der Waals surface area contributed by atoms with Crippen LogP contribution < -0.4 is 10.2 Å². The third-order valence-electron chi connectivity index (χ3n) is 5.00. The minimum atomic E-state index is -4.63. The molecule has 0 unspecified atom stereocenters. The molecule has 1 N–H and O–H groups in total. The summed E-state index contributed by atoms with van der Waals surface area (Å²) in [5, 5.41) is 17.9. The van der Waals surface area contributed by atoms with Crippen molar-refractivity contribution in [3.8, 4) is 0 Å². The van der Waals surface area contributed by atoms with Gasteiger partial charge in [0.2, 0.25) is 0 Å². The first kappa shape index (κ1) is 19.2. The van der Waals surface area contributed by atoms with E-state index in [4.69, 9.17) is 0 Å². The third kappa shape index (κ3) is 3.74. The number of fused-ring (bicyclic) bond motifs is 1. The van der Waals surface area contributed by atoms with Crippen molar-refractivity contribution < 1.29 is 18.0 Å². The van der Waals surface area contributed by atoms with Crippen LogP contribution in [0.1, 0.15) is 34.8 Å². The number of carbonyl (C=O) groups excluding carboxylic acids is 1. The number of rotatable bonds is 3. The van der Waals surface area contributed by atoms with Crippen molar-refractivity contribution in [2.45, 2.75) is 32.0 Å². The minimum Gasteiger partial charge on any atom is -0.355 e. The predicted molar refractivity (Wildman–Crippen MR) is 96.4 cm³/mol. The van der Waals surface area contributed by atoms with E-state index < -0.39 is 12.0 Å². The Bertz CT molecular complexity index is 1030. The van der Waals surface area contributed by atoms with E-state index in [1.54, 1.807) is 23.9 Å². The molecular formula is C17H19F3N8O. The van der Waals surface area contributed by atoms with E-state index in [0.29, 0.717) is 42.0 Å². The Morgan fingerprint density at radius 3 is 2.52 bits per heavy atom. The van der Waals surface area contributed by atoms with Gasteiger partial charge in [0.05, 0.1) is 0 Å². The highest BCUT2D eigenvalue weighted by molar-refractivity contribution is 5.92. The van der Waals surface area contributed by atoms with Crippen molar-refractivity contribution in [3.05, 3.63) is 35.4 Å². The van der Waals surface area contributed by atoms with Gasteiger partial charge >= 0.3 is 6.18 Å². The molecule has 0 atom stereocenters. The van der Waals surface area contributed by atoms with Crippen LogP contribution in [0.15, 0.2) is 18.2 Å². The standard InChI is InChI=1S/C17H19F3N8O/c1-10-9-12(24-26(10)2)15(29)21-11-5-7-27(8-6-11)14-4-3-13-22-23-16(17(18,19)20)28(13)25-14/h3-4,9,11H,5-8H2,1-2H3,(H,21,29). The molecule has 3 aromatic rings. The average molecular weight is 408 g/mol. The molecule has 9 nitrogen and oxygen atoms in total. The van der Waals surface area contributed by atoms with E-state index in [1.165, 1.54) is 6.07 Å². The lowest BCUT2D eigenvalue weighted by atomic mass is 10.0. The van der Waals surface area contributed by atoms with Crippen LogP contribution in [0.2, 0.25) is 0 Å². The number of aryl methyl sites for hydroxylation is 2. The Hall–Kier alpha value is -3.18. The van der Waals surface area contributed by atoms with Crippen LogP contribution in [-0.4, -0.2) is 54.6 Å². The van der Waals surface area contributed by atoms with Gasteiger partial charge in [-0.2, -0.15) is 22.8 Å². The van der Waals surface area contributed by atoms with E-state index >= 15 is 0 Å². The number of hydrogen-bond donors (Lipinski definition) is 1. The lowest BCUT2D eigenvalue weighted by Gasteiger charge is -2.32. The molecule has 3 aromatic heterocycles. The van der Waals surface area contributed by atoms with Crippen LogP contribution in [-0.2, 0) is 13.2 Å². The number of carbonyl (C=O) groups is 1. The Balaban J connectivity index is 1.42. The van der Waals surface area contributed by atoms with E-state index in [9.17, 15) is 18.0 Å². The van der Waals surface area contributed by atoms with Gasteiger partial charge < -0.3 is 10.2 Å². The molecule has 1 aliphatic heterocycles. The molecule has 29 heavy (non-hydrogen) atoms. The van der Waals surface area contributed by atoms with Crippen LogP contribution in [0.3, 0.4) is 0 Å². The lowest BCUT2D eigenvalue weighted by Crippen LogP contribution is -2.45. The number of amides is 1. The molecule has 4 rings (SSSR count).